The molecule has 0 unspecified atom stereocenters. The normalized spacial score (nSPS) is 25.5. The summed E-state index contributed by atoms with van der Waals surface area (Å²) >= 11 is 0. The summed E-state index contributed by atoms with van der Waals surface area (Å²) in [5.74, 6) is -1.89. The van der Waals surface area contributed by atoms with Crippen LogP contribution in [-0.2, 0) is 41.6 Å². The summed E-state index contributed by atoms with van der Waals surface area (Å²) < 4.78 is 27.7. The zero-order valence-electron chi connectivity index (χ0n) is 40.3. The molecule has 0 spiro atoms. The van der Waals surface area contributed by atoms with Crippen LogP contribution in [0.2, 0.25) is 0 Å². The predicted molar refractivity (Wildman–Crippen MR) is 257 cm³/mol. The van der Waals surface area contributed by atoms with Crippen LogP contribution in [0, 0.1) is 17.3 Å². The van der Waals surface area contributed by atoms with Crippen LogP contribution in [0.5, 0.6) is 0 Å². The number of benzene rings is 1. The monoisotopic (exact) mass is 948 g/mol. The molecule has 0 radical (unpaired) electrons. The van der Waals surface area contributed by atoms with E-state index in [2.05, 4.69) is 73.3 Å². The van der Waals surface area contributed by atoms with Crippen LogP contribution in [0.15, 0.2) is 90.3 Å². The predicted octanol–water partition coefficient (Wildman–Crippen LogP) is 6.68. The van der Waals surface area contributed by atoms with Crippen molar-refractivity contribution in [1.82, 2.24) is 50.1 Å². The van der Waals surface area contributed by atoms with Crippen molar-refractivity contribution in [3.05, 3.63) is 114 Å². The molecule has 2 aliphatic carbocycles. The Labute approximate surface area is 406 Å². The Kier molecular flexibility index (Phi) is 12.3. The standard InChI is InChI=1S/C53H60N10O7/c1-30-43(39-16-19-55-29-57-39)44(30)49(64)59-46-48(68-26-32-9-6-17-54-23-32)50-58-41(27-69-50)33-12-15-42-37(21-33)38(22-53(3,4)28-70-52(66)40-11-8-20-62(60-40)51(46)65)47(36-10-7-18-56-45(36)31(2)67-5)63(42)35-24-61(25-35)34-13-14-34/h6-7,9-10,12,15-19,21,23,27,29-31,34-35,40,43-44,46,48,60H,8,11,13-14,20,22,24-26,28H2,1-5H3,(H,59,64)/t30-,31-,40-,43-,44+,46-,48-/m0/s1. The topological polar surface area (TPSA) is 192 Å². The van der Waals surface area contributed by atoms with E-state index in [1.807, 2.05) is 38.2 Å². The molecule has 7 atom stereocenters. The van der Waals surface area contributed by atoms with E-state index in [1.165, 1.54) is 24.2 Å². The van der Waals surface area contributed by atoms with Crippen LogP contribution in [0.4, 0.5) is 0 Å². The molecule has 1 aromatic carbocycles. The average Bonchev–Trinajstić information content (AvgIpc) is 4.25. The molecular formula is C53H60N10O7. The first-order valence-corrected chi connectivity index (χ1v) is 24.6. The fraction of sp³-hybridized carbons (Fsp3) is 0.472. The van der Waals surface area contributed by atoms with Crippen molar-refractivity contribution >= 4 is 28.7 Å². The van der Waals surface area contributed by atoms with Gasteiger partial charge >= 0.3 is 5.97 Å². The lowest BCUT2D eigenvalue weighted by atomic mass is 9.84. The van der Waals surface area contributed by atoms with Gasteiger partial charge < -0.3 is 28.5 Å². The molecule has 2 saturated heterocycles. The van der Waals surface area contributed by atoms with Gasteiger partial charge in [-0.05, 0) is 92.5 Å². The number of hydrogen-bond donors (Lipinski definition) is 2. The summed E-state index contributed by atoms with van der Waals surface area (Å²) in [6.07, 6.45) is 12.4. The molecule has 364 valence electrons. The third kappa shape index (κ3) is 8.88. The minimum Gasteiger partial charge on any atom is -0.464 e. The summed E-state index contributed by atoms with van der Waals surface area (Å²) in [7, 11) is 1.71. The third-order valence-electron chi connectivity index (χ3n) is 15.0. The molecular weight excluding hydrogens is 889 g/mol. The van der Waals surface area contributed by atoms with Gasteiger partial charge in [0.25, 0.3) is 5.91 Å². The summed E-state index contributed by atoms with van der Waals surface area (Å²) in [4.78, 5) is 69.2. The van der Waals surface area contributed by atoms with Crippen molar-refractivity contribution in [2.24, 2.45) is 17.3 Å². The highest BCUT2D eigenvalue weighted by molar-refractivity contribution is 5.95. The second kappa shape index (κ2) is 18.7. The van der Waals surface area contributed by atoms with Crippen molar-refractivity contribution in [3.63, 3.8) is 0 Å². The van der Waals surface area contributed by atoms with Crippen LogP contribution in [0.25, 0.3) is 33.4 Å². The van der Waals surface area contributed by atoms with Gasteiger partial charge in [-0.15, -0.1) is 0 Å². The molecule has 6 aromatic rings. The summed E-state index contributed by atoms with van der Waals surface area (Å²) in [6, 6.07) is 14.7. The summed E-state index contributed by atoms with van der Waals surface area (Å²) in [5, 5.41) is 5.54. The van der Waals surface area contributed by atoms with Gasteiger partial charge in [-0.25, -0.2) is 20.4 Å². The number of nitrogens with zero attached hydrogens (tertiary/aromatic N) is 8. The van der Waals surface area contributed by atoms with E-state index in [1.54, 1.807) is 38.0 Å². The minimum atomic E-state index is -1.33. The number of aromatic nitrogens is 6. The molecule has 4 fully saturated rings. The van der Waals surface area contributed by atoms with E-state index in [0.717, 1.165) is 63.3 Å². The smallest absolute Gasteiger partial charge is 0.324 e. The van der Waals surface area contributed by atoms with Crippen LogP contribution in [-0.4, -0.2) is 109 Å². The van der Waals surface area contributed by atoms with Crippen LogP contribution in [0.1, 0.15) is 106 Å². The number of ether oxygens (including phenoxy) is 3. The van der Waals surface area contributed by atoms with Crippen LogP contribution in [0.3, 0.4) is 0 Å². The molecule has 5 aliphatic rings. The van der Waals surface area contributed by atoms with Gasteiger partial charge in [-0.1, -0.05) is 32.9 Å². The van der Waals surface area contributed by atoms with Gasteiger partial charge in [0.1, 0.15) is 30.4 Å². The van der Waals surface area contributed by atoms with Gasteiger partial charge in [0, 0.05) is 103 Å². The number of rotatable bonds is 11. The lowest BCUT2D eigenvalue weighted by Crippen LogP contribution is -2.61. The van der Waals surface area contributed by atoms with Crippen molar-refractivity contribution in [2.45, 2.75) is 109 Å². The number of hydrogen-bond acceptors (Lipinski definition) is 14. The average molecular weight is 949 g/mol. The Morgan fingerprint density at radius 2 is 1.86 bits per heavy atom. The van der Waals surface area contributed by atoms with Crippen molar-refractivity contribution in [2.75, 3.05) is 33.4 Å². The number of carbonyl (C=O) groups excluding carboxylic acids is 3. The highest BCUT2D eigenvalue weighted by Crippen LogP contribution is 2.53. The number of esters is 1. The van der Waals surface area contributed by atoms with Crippen molar-refractivity contribution in [3.8, 4) is 22.5 Å². The number of hydrazine groups is 1. The van der Waals surface area contributed by atoms with E-state index < -0.39 is 41.4 Å². The van der Waals surface area contributed by atoms with Gasteiger partial charge in [0.2, 0.25) is 11.8 Å². The number of fused-ring (bicyclic) bond motifs is 6. The zero-order chi connectivity index (χ0) is 48.3. The second-order valence-electron chi connectivity index (χ2n) is 20.5. The number of methoxy groups -OCH3 is 1. The maximum atomic E-state index is 15.1. The Morgan fingerprint density at radius 3 is 2.63 bits per heavy atom. The minimum absolute atomic E-state index is 0.0282. The molecule has 2 saturated carbocycles. The lowest BCUT2D eigenvalue weighted by Gasteiger charge is -2.42. The van der Waals surface area contributed by atoms with E-state index in [-0.39, 0.29) is 55.5 Å². The maximum Gasteiger partial charge on any atom is 0.324 e. The summed E-state index contributed by atoms with van der Waals surface area (Å²) in [6.45, 7) is 10.6. The number of amides is 2. The van der Waals surface area contributed by atoms with Crippen LogP contribution >= 0.6 is 0 Å². The fourth-order valence-electron chi connectivity index (χ4n) is 10.9. The van der Waals surface area contributed by atoms with Crippen molar-refractivity contribution in [1.29, 1.82) is 0 Å². The maximum absolute atomic E-state index is 15.1. The van der Waals surface area contributed by atoms with E-state index >= 15 is 4.79 Å². The molecule has 11 rings (SSSR count). The SMILES string of the molecule is CO[C@@H](C)c1ncccc1-c1c2c3cc(ccc3n1C1CN(C3CC3)C1)-c1coc(n1)[C@@H](OCc1cccnc1)[C@H](NC(=O)[C@@H]1[C@@H](C)[C@H]1c1ccncn1)C(=O)N1CCC[C@H](N1)C(=O)OCC(C)(C)C2. The molecule has 17 nitrogen and oxygen atoms in total. The van der Waals surface area contributed by atoms with Gasteiger partial charge in [-0.3, -0.25) is 34.3 Å². The Morgan fingerprint density at radius 1 is 1.01 bits per heavy atom. The quantitative estimate of drug-likeness (QED) is 0.131. The first-order chi connectivity index (χ1) is 34.0. The number of cyclic esters (lactones) is 1. The zero-order valence-corrected chi connectivity index (χ0v) is 40.3. The molecule has 70 heavy (non-hydrogen) atoms. The lowest BCUT2D eigenvalue weighted by molar-refractivity contribution is -0.157. The molecule has 2 amide bonds. The highest BCUT2D eigenvalue weighted by Gasteiger charge is 2.55. The molecule has 17 heteroatoms. The number of carbonyl (C=O) groups is 3. The third-order valence-corrected chi connectivity index (χ3v) is 15.0. The molecule has 2 N–H and O–H groups in total. The largest absolute Gasteiger partial charge is 0.464 e. The first kappa shape index (κ1) is 46.0. The highest BCUT2D eigenvalue weighted by atomic mass is 16.5. The molecule has 3 aliphatic heterocycles. The Balaban J connectivity index is 1.05. The van der Waals surface area contributed by atoms with E-state index in [4.69, 9.17) is 28.6 Å². The van der Waals surface area contributed by atoms with E-state index in [9.17, 15) is 9.59 Å². The number of nitrogens with one attached hydrogen (secondary N) is 2. The fourth-order valence-corrected chi connectivity index (χ4v) is 10.9. The number of oxazole rings is 1. The van der Waals surface area contributed by atoms with Crippen LogP contribution < -0.4 is 10.7 Å². The van der Waals surface area contributed by atoms with Crippen molar-refractivity contribution < 1.29 is 33.0 Å². The molecule has 5 aromatic heterocycles. The number of pyridine rings is 2. The van der Waals surface area contributed by atoms with Gasteiger partial charge in [0.15, 0.2) is 6.10 Å². The Hall–Kier alpha value is -6.40. The summed E-state index contributed by atoms with van der Waals surface area (Å²) in [5.41, 5.74) is 10.6. The molecule has 8 heterocycles. The first-order valence-electron chi connectivity index (χ1n) is 24.6. The van der Waals surface area contributed by atoms with Gasteiger partial charge in [-0.2, -0.15) is 0 Å². The molecule has 6 bridgehead atoms. The van der Waals surface area contributed by atoms with Gasteiger partial charge in [0.05, 0.1) is 36.7 Å². The van der Waals surface area contributed by atoms with E-state index in [0.29, 0.717) is 31.0 Å². The number of likely N-dealkylation sites (tertiary alicyclic amines) is 1. The Bertz CT molecular complexity index is 2900. The second-order valence-corrected chi connectivity index (χ2v) is 20.5.